The van der Waals surface area contributed by atoms with E-state index in [-0.39, 0.29) is 5.91 Å². The lowest BCUT2D eigenvalue weighted by molar-refractivity contribution is 0.0953. The van der Waals surface area contributed by atoms with Gasteiger partial charge in [0.1, 0.15) is 0 Å². The van der Waals surface area contributed by atoms with Crippen LogP contribution in [0.1, 0.15) is 21.6 Å². The Morgan fingerprint density at radius 1 is 0.920 bits per heavy atom. The zero-order valence-corrected chi connectivity index (χ0v) is 13.7. The minimum Gasteiger partial charge on any atom is -0.352 e. The number of hydrogen-bond donors (Lipinski definition) is 2. The molecule has 6 heteroatoms. The summed E-state index contributed by atoms with van der Waals surface area (Å²) in [6, 6.07) is 15.7. The van der Waals surface area contributed by atoms with E-state index in [0.29, 0.717) is 24.6 Å². The molecule has 0 radical (unpaired) electrons. The van der Waals surface area contributed by atoms with Crippen LogP contribution in [-0.4, -0.2) is 27.4 Å². The van der Waals surface area contributed by atoms with E-state index in [9.17, 15) is 4.79 Å². The third kappa shape index (κ3) is 5.10. The van der Waals surface area contributed by atoms with Crippen molar-refractivity contribution in [3.05, 3.63) is 83.9 Å². The van der Waals surface area contributed by atoms with Gasteiger partial charge >= 0.3 is 0 Å². The quantitative estimate of drug-likeness (QED) is 0.694. The van der Waals surface area contributed by atoms with Gasteiger partial charge in [-0.05, 0) is 24.1 Å². The molecule has 0 aliphatic heterocycles. The number of carbonyl (C=O) groups is 1. The number of benzene rings is 1. The summed E-state index contributed by atoms with van der Waals surface area (Å²) in [6.07, 6.45) is 5.56. The summed E-state index contributed by atoms with van der Waals surface area (Å²) in [4.78, 5) is 24.7. The van der Waals surface area contributed by atoms with Gasteiger partial charge in [0.25, 0.3) is 5.91 Å². The molecule has 0 spiro atoms. The van der Waals surface area contributed by atoms with Crippen LogP contribution in [0.5, 0.6) is 0 Å². The molecule has 126 valence electrons. The summed E-state index contributed by atoms with van der Waals surface area (Å²) in [7, 11) is 0. The molecule has 0 aliphatic carbocycles. The molecule has 3 aromatic rings. The Hall–Kier alpha value is -3.28. The molecule has 6 nitrogen and oxygen atoms in total. The van der Waals surface area contributed by atoms with Crippen molar-refractivity contribution in [1.82, 2.24) is 20.3 Å². The van der Waals surface area contributed by atoms with Gasteiger partial charge in [-0.15, -0.1) is 0 Å². The van der Waals surface area contributed by atoms with Gasteiger partial charge in [0.15, 0.2) is 0 Å². The molecular formula is C19H19N5O. The summed E-state index contributed by atoms with van der Waals surface area (Å²) in [5.41, 5.74) is 2.53. The Bertz CT molecular complexity index is 791. The maximum atomic E-state index is 12.1. The van der Waals surface area contributed by atoms with Gasteiger partial charge < -0.3 is 10.6 Å². The second-order valence-corrected chi connectivity index (χ2v) is 5.46. The lowest BCUT2D eigenvalue weighted by atomic mass is 10.1. The van der Waals surface area contributed by atoms with E-state index >= 15 is 0 Å². The van der Waals surface area contributed by atoms with Gasteiger partial charge in [0.05, 0.1) is 17.8 Å². The van der Waals surface area contributed by atoms with Crippen molar-refractivity contribution >= 4 is 11.9 Å². The number of carbonyl (C=O) groups excluding carboxylic acids is 1. The summed E-state index contributed by atoms with van der Waals surface area (Å²) >= 11 is 0. The Balaban J connectivity index is 1.47. The zero-order valence-electron chi connectivity index (χ0n) is 13.7. The minimum atomic E-state index is -0.174. The highest BCUT2D eigenvalue weighted by molar-refractivity contribution is 5.93. The van der Waals surface area contributed by atoms with E-state index in [1.807, 2.05) is 48.5 Å². The molecule has 0 saturated heterocycles. The standard InChI is InChI=1S/C19H19N5O/c25-18(21-11-9-15-6-2-1-3-7-15)16-12-22-19(23-13-16)24-14-17-8-4-5-10-20-17/h1-8,10,12-13H,9,11,14H2,(H,21,25)(H,22,23,24). The van der Waals surface area contributed by atoms with Gasteiger partial charge in [-0.25, -0.2) is 9.97 Å². The topological polar surface area (TPSA) is 79.8 Å². The minimum absolute atomic E-state index is 0.174. The van der Waals surface area contributed by atoms with Crippen molar-refractivity contribution in [3.63, 3.8) is 0 Å². The molecule has 2 N–H and O–H groups in total. The Morgan fingerprint density at radius 2 is 1.68 bits per heavy atom. The smallest absolute Gasteiger partial charge is 0.254 e. The van der Waals surface area contributed by atoms with Crippen molar-refractivity contribution in [2.45, 2.75) is 13.0 Å². The van der Waals surface area contributed by atoms with E-state index in [4.69, 9.17) is 0 Å². The van der Waals surface area contributed by atoms with Crippen LogP contribution in [0.15, 0.2) is 67.1 Å². The molecule has 0 unspecified atom stereocenters. The number of hydrogen-bond acceptors (Lipinski definition) is 5. The maximum absolute atomic E-state index is 12.1. The van der Waals surface area contributed by atoms with E-state index in [1.54, 1.807) is 6.20 Å². The lowest BCUT2D eigenvalue weighted by Crippen LogP contribution is -2.26. The van der Waals surface area contributed by atoms with Crippen molar-refractivity contribution in [3.8, 4) is 0 Å². The van der Waals surface area contributed by atoms with Crippen molar-refractivity contribution in [2.75, 3.05) is 11.9 Å². The predicted octanol–water partition coefficient (Wildman–Crippen LogP) is 2.46. The summed E-state index contributed by atoms with van der Waals surface area (Å²) in [6.45, 7) is 1.10. The van der Waals surface area contributed by atoms with Crippen molar-refractivity contribution in [1.29, 1.82) is 0 Å². The highest BCUT2D eigenvalue weighted by atomic mass is 16.1. The largest absolute Gasteiger partial charge is 0.352 e. The summed E-state index contributed by atoms with van der Waals surface area (Å²) < 4.78 is 0. The number of nitrogens with one attached hydrogen (secondary N) is 2. The fourth-order valence-electron chi connectivity index (χ4n) is 2.28. The number of nitrogens with zero attached hydrogens (tertiary/aromatic N) is 3. The SMILES string of the molecule is O=C(NCCc1ccccc1)c1cnc(NCc2ccccn2)nc1. The highest BCUT2D eigenvalue weighted by Gasteiger charge is 2.06. The van der Waals surface area contributed by atoms with Crippen LogP contribution < -0.4 is 10.6 Å². The van der Waals surface area contributed by atoms with E-state index in [2.05, 4.69) is 25.6 Å². The number of aromatic nitrogens is 3. The van der Waals surface area contributed by atoms with Crippen LogP contribution in [0.4, 0.5) is 5.95 Å². The molecule has 0 fully saturated rings. The third-order valence-corrected chi connectivity index (χ3v) is 3.61. The molecule has 2 aromatic heterocycles. The first-order chi connectivity index (χ1) is 12.3. The molecule has 25 heavy (non-hydrogen) atoms. The molecule has 0 saturated carbocycles. The maximum Gasteiger partial charge on any atom is 0.254 e. The number of rotatable bonds is 7. The van der Waals surface area contributed by atoms with Gasteiger partial charge in [-0.1, -0.05) is 36.4 Å². The van der Waals surface area contributed by atoms with Gasteiger partial charge in [0, 0.05) is 25.1 Å². The summed E-state index contributed by atoms with van der Waals surface area (Å²) in [5.74, 6) is 0.290. The number of pyridine rings is 1. The fourth-order valence-corrected chi connectivity index (χ4v) is 2.28. The van der Waals surface area contributed by atoms with Crippen LogP contribution in [0, 0.1) is 0 Å². The molecule has 0 bridgehead atoms. The first kappa shape index (κ1) is 16.6. The second kappa shape index (κ2) is 8.54. The molecule has 3 rings (SSSR count). The fraction of sp³-hybridized carbons (Fsp3) is 0.158. The Morgan fingerprint density at radius 3 is 2.40 bits per heavy atom. The highest BCUT2D eigenvalue weighted by Crippen LogP contribution is 2.03. The van der Waals surface area contributed by atoms with Gasteiger partial charge in [-0.2, -0.15) is 0 Å². The first-order valence-corrected chi connectivity index (χ1v) is 8.09. The number of anilines is 1. The van der Waals surface area contributed by atoms with E-state index in [1.165, 1.54) is 18.0 Å². The molecule has 0 aliphatic rings. The first-order valence-electron chi connectivity index (χ1n) is 8.09. The second-order valence-electron chi connectivity index (χ2n) is 5.46. The van der Waals surface area contributed by atoms with E-state index < -0.39 is 0 Å². The van der Waals surface area contributed by atoms with Crippen LogP contribution >= 0.6 is 0 Å². The zero-order chi connectivity index (χ0) is 17.3. The average molecular weight is 333 g/mol. The van der Waals surface area contributed by atoms with Crippen molar-refractivity contribution in [2.24, 2.45) is 0 Å². The summed E-state index contributed by atoms with van der Waals surface area (Å²) in [5, 5.41) is 5.95. The number of amides is 1. The monoisotopic (exact) mass is 333 g/mol. The van der Waals surface area contributed by atoms with Crippen LogP contribution in [0.25, 0.3) is 0 Å². The van der Waals surface area contributed by atoms with Crippen LogP contribution in [0.3, 0.4) is 0 Å². The van der Waals surface area contributed by atoms with Crippen LogP contribution in [0.2, 0.25) is 0 Å². The molecular weight excluding hydrogens is 314 g/mol. The molecule has 1 aromatic carbocycles. The molecule has 2 heterocycles. The van der Waals surface area contributed by atoms with Gasteiger partial charge in [0.2, 0.25) is 5.95 Å². The Kier molecular flexibility index (Phi) is 5.66. The predicted molar refractivity (Wildman–Crippen MR) is 96.1 cm³/mol. The van der Waals surface area contributed by atoms with Crippen LogP contribution in [-0.2, 0) is 13.0 Å². The molecule has 1 amide bonds. The Labute approximate surface area is 146 Å². The van der Waals surface area contributed by atoms with E-state index in [0.717, 1.165) is 12.1 Å². The normalized spacial score (nSPS) is 10.2. The van der Waals surface area contributed by atoms with Crippen molar-refractivity contribution < 1.29 is 4.79 Å². The molecule has 0 atom stereocenters. The van der Waals surface area contributed by atoms with Gasteiger partial charge in [-0.3, -0.25) is 9.78 Å². The lowest BCUT2D eigenvalue weighted by Gasteiger charge is -2.07. The average Bonchev–Trinajstić information content (AvgIpc) is 2.68. The third-order valence-electron chi connectivity index (χ3n) is 3.61.